The molecule has 29 heavy (non-hydrogen) atoms. The van der Waals surface area contributed by atoms with Gasteiger partial charge < -0.3 is 9.67 Å². The van der Waals surface area contributed by atoms with Gasteiger partial charge in [0.15, 0.2) is 0 Å². The van der Waals surface area contributed by atoms with E-state index in [2.05, 4.69) is 54.0 Å². The third-order valence-electron chi connectivity index (χ3n) is 5.63. The minimum Gasteiger partial charge on any atom is -0.380 e. The number of aryl methyl sites for hydroxylation is 1. The van der Waals surface area contributed by atoms with Crippen molar-refractivity contribution in [3.8, 4) is 0 Å². The number of aliphatic hydroxyl groups excluding tert-OH is 1. The highest BCUT2D eigenvalue weighted by molar-refractivity contribution is 5.87. The van der Waals surface area contributed by atoms with E-state index in [0.29, 0.717) is 12.4 Å². The fraction of sp³-hybridized carbons (Fsp3) is 0.115. The monoisotopic (exact) mass is 378 g/mol. The van der Waals surface area contributed by atoms with Gasteiger partial charge in [0.05, 0.1) is 17.6 Å². The first-order valence-electron chi connectivity index (χ1n) is 9.88. The average molecular weight is 378 g/mol. The van der Waals surface area contributed by atoms with Crippen molar-refractivity contribution in [3.05, 3.63) is 114 Å². The van der Waals surface area contributed by atoms with Crippen molar-refractivity contribution in [2.45, 2.75) is 19.6 Å². The lowest BCUT2D eigenvalue weighted by atomic mass is 9.99. The summed E-state index contributed by atoms with van der Waals surface area (Å²) in [6.07, 6.45) is -0.779. The third kappa shape index (κ3) is 3.10. The molecule has 0 saturated carbocycles. The first-order valence-corrected chi connectivity index (χ1v) is 9.88. The molecule has 3 heteroatoms. The Morgan fingerprint density at radius 1 is 0.828 bits per heavy atom. The number of fused-ring (bicyclic) bond motifs is 2. The van der Waals surface area contributed by atoms with Gasteiger partial charge in [-0.1, -0.05) is 78.9 Å². The fourth-order valence-corrected chi connectivity index (χ4v) is 4.07. The van der Waals surface area contributed by atoms with Crippen LogP contribution >= 0.6 is 0 Å². The molecule has 0 aliphatic rings. The van der Waals surface area contributed by atoms with Gasteiger partial charge in [0.1, 0.15) is 11.9 Å². The van der Waals surface area contributed by atoms with Crippen LogP contribution in [-0.4, -0.2) is 14.7 Å². The summed E-state index contributed by atoms with van der Waals surface area (Å²) in [7, 11) is 0. The lowest BCUT2D eigenvalue weighted by Crippen LogP contribution is -2.12. The molecular weight excluding hydrogens is 356 g/mol. The fourth-order valence-electron chi connectivity index (χ4n) is 4.07. The van der Waals surface area contributed by atoms with Crippen molar-refractivity contribution in [3.63, 3.8) is 0 Å². The summed E-state index contributed by atoms with van der Waals surface area (Å²) in [5.41, 5.74) is 5.27. The van der Waals surface area contributed by atoms with Crippen LogP contribution in [0.4, 0.5) is 0 Å². The van der Waals surface area contributed by atoms with Crippen molar-refractivity contribution in [2.24, 2.45) is 0 Å². The number of aromatic nitrogens is 2. The normalized spacial score (nSPS) is 12.5. The molecule has 0 aliphatic heterocycles. The van der Waals surface area contributed by atoms with Crippen LogP contribution in [0.5, 0.6) is 0 Å². The molecule has 1 aromatic heterocycles. The van der Waals surface area contributed by atoms with E-state index >= 15 is 0 Å². The molecule has 1 unspecified atom stereocenters. The van der Waals surface area contributed by atoms with Crippen LogP contribution in [0.1, 0.15) is 28.6 Å². The highest BCUT2D eigenvalue weighted by Gasteiger charge is 2.20. The van der Waals surface area contributed by atoms with E-state index in [0.717, 1.165) is 16.6 Å². The number of imidazole rings is 1. The van der Waals surface area contributed by atoms with Gasteiger partial charge in [-0.05, 0) is 46.5 Å². The minimum absolute atomic E-state index is 0.660. The van der Waals surface area contributed by atoms with E-state index in [9.17, 15) is 5.11 Å². The maximum Gasteiger partial charge on any atom is 0.143 e. The molecule has 0 radical (unpaired) electrons. The number of hydrogen-bond acceptors (Lipinski definition) is 2. The molecule has 1 atom stereocenters. The second-order valence-electron chi connectivity index (χ2n) is 7.44. The van der Waals surface area contributed by atoms with E-state index in [1.165, 1.54) is 21.9 Å². The van der Waals surface area contributed by atoms with Crippen LogP contribution in [-0.2, 0) is 6.54 Å². The molecule has 0 bridgehead atoms. The Morgan fingerprint density at radius 3 is 2.41 bits per heavy atom. The summed E-state index contributed by atoms with van der Waals surface area (Å²) in [6, 6.07) is 30.6. The second-order valence-corrected chi connectivity index (χ2v) is 7.44. The van der Waals surface area contributed by atoms with Gasteiger partial charge >= 0.3 is 0 Å². The van der Waals surface area contributed by atoms with Crippen molar-refractivity contribution >= 4 is 21.8 Å². The zero-order chi connectivity index (χ0) is 19.8. The van der Waals surface area contributed by atoms with Gasteiger partial charge in [0.25, 0.3) is 0 Å². The highest BCUT2D eigenvalue weighted by atomic mass is 16.3. The van der Waals surface area contributed by atoms with E-state index in [-0.39, 0.29) is 0 Å². The van der Waals surface area contributed by atoms with Gasteiger partial charge in [-0.25, -0.2) is 4.98 Å². The predicted molar refractivity (Wildman–Crippen MR) is 118 cm³/mol. The number of aliphatic hydroxyl groups is 1. The van der Waals surface area contributed by atoms with Crippen LogP contribution in [0.25, 0.3) is 21.8 Å². The van der Waals surface area contributed by atoms with Crippen molar-refractivity contribution < 1.29 is 5.11 Å². The van der Waals surface area contributed by atoms with Crippen LogP contribution < -0.4 is 0 Å². The van der Waals surface area contributed by atoms with E-state index in [4.69, 9.17) is 4.98 Å². The van der Waals surface area contributed by atoms with E-state index in [1.807, 2.05) is 48.5 Å². The smallest absolute Gasteiger partial charge is 0.143 e. The number of rotatable bonds is 4. The molecule has 5 aromatic rings. The van der Waals surface area contributed by atoms with Gasteiger partial charge in [-0.2, -0.15) is 0 Å². The molecule has 0 spiro atoms. The summed E-state index contributed by atoms with van der Waals surface area (Å²) in [4.78, 5) is 4.81. The lowest BCUT2D eigenvalue weighted by molar-refractivity contribution is 0.206. The van der Waals surface area contributed by atoms with Gasteiger partial charge in [0.2, 0.25) is 0 Å². The largest absolute Gasteiger partial charge is 0.380 e. The van der Waals surface area contributed by atoms with Crippen molar-refractivity contribution in [1.82, 2.24) is 9.55 Å². The predicted octanol–water partition coefficient (Wildman–Crippen LogP) is 5.63. The molecule has 3 nitrogen and oxygen atoms in total. The SMILES string of the molecule is Cc1ccc2ccccc2c1Cn1c(C(O)c2ccccc2)nc2ccccc21. The Labute approximate surface area is 169 Å². The molecule has 0 fully saturated rings. The average Bonchev–Trinajstić information content (AvgIpc) is 3.14. The second kappa shape index (κ2) is 7.19. The highest BCUT2D eigenvalue weighted by Crippen LogP contribution is 2.29. The maximum absolute atomic E-state index is 11.2. The minimum atomic E-state index is -0.779. The quantitative estimate of drug-likeness (QED) is 0.440. The number of hydrogen-bond donors (Lipinski definition) is 1. The zero-order valence-electron chi connectivity index (χ0n) is 16.3. The van der Waals surface area contributed by atoms with Crippen LogP contribution in [0.3, 0.4) is 0 Å². The van der Waals surface area contributed by atoms with Gasteiger partial charge in [-0.3, -0.25) is 0 Å². The summed E-state index contributed by atoms with van der Waals surface area (Å²) >= 11 is 0. The van der Waals surface area contributed by atoms with E-state index < -0.39 is 6.10 Å². The Bertz CT molecular complexity index is 1300. The van der Waals surface area contributed by atoms with Crippen LogP contribution in [0.15, 0.2) is 91.0 Å². The molecule has 142 valence electrons. The Kier molecular flexibility index (Phi) is 4.38. The van der Waals surface area contributed by atoms with Crippen molar-refractivity contribution in [2.75, 3.05) is 0 Å². The first kappa shape index (κ1) is 17.7. The molecule has 0 amide bonds. The lowest BCUT2D eigenvalue weighted by Gasteiger charge is -2.17. The van der Waals surface area contributed by atoms with Crippen molar-refractivity contribution in [1.29, 1.82) is 0 Å². The maximum atomic E-state index is 11.2. The van der Waals surface area contributed by atoms with Crippen LogP contribution in [0, 0.1) is 6.92 Å². The summed E-state index contributed by atoms with van der Waals surface area (Å²) < 4.78 is 2.15. The Hall–Kier alpha value is -3.43. The molecule has 0 aliphatic carbocycles. The standard InChI is InChI=1S/C26H22N2O/c1-18-15-16-19-9-5-6-12-21(19)22(18)17-28-24-14-8-7-13-23(24)27-26(28)25(29)20-10-3-2-4-11-20/h2-16,25,29H,17H2,1H3. The Balaban J connectivity index is 1.70. The summed E-state index contributed by atoms with van der Waals surface area (Å²) in [6.45, 7) is 2.81. The number of para-hydroxylation sites is 2. The molecule has 0 saturated heterocycles. The first-order chi connectivity index (χ1) is 14.2. The molecular formula is C26H22N2O. The van der Waals surface area contributed by atoms with Gasteiger partial charge in [0, 0.05) is 0 Å². The molecule has 4 aromatic carbocycles. The molecule has 1 heterocycles. The number of benzene rings is 4. The van der Waals surface area contributed by atoms with Gasteiger partial charge in [-0.15, -0.1) is 0 Å². The molecule has 5 rings (SSSR count). The Morgan fingerprint density at radius 2 is 1.55 bits per heavy atom. The van der Waals surface area contributed by atoms with Crippen LogP contribution in [0.2, 0.25) is 0 Å². The summed E-state index contributed by atoms with van der Waals surface area (Å²) in [5.74, 6) is 0.671. The molecule has 1 N–H and O–H groups in total. The zero-order valence-corrected chi connectivity index (χ0v) is 16.3. The van der Waals surface area contributed by atoms with E-state index in [1.54, 1.807) is 0 Å². The number of nitrogens with zero attached hydrogens (tertiary/aromatic N) is 2. The third-order valence-corrected chi connectivity index (χ3v) is 5.63. The summed E-state index contributed by atoms with van der Waals surface area (Å²) in [5, 5.41) is 13.6. The topological polar surface area (TPSA) is 38.0 Å².